The lowest BCUT2D eigenvalue weighted by Gasteiger charge is -2.13. The van der Waals surface area contributed by atoms with Gasteiger partial charge in [0.15, 0.2) is 11.1 Å². The van der Waals surface area contributed by atoms with Gasteiger partial charge in [0, 0.05) is 6.04 Å². The number of nitrogens with two attached hydrogens (primary N) is 2. The van der Waals surface area contributed by atoms with Crippen LogP contribution in [0.1, 0.15) is 39.5 Å². The fraction of sp³-hybridized carbons (Fsp3) is 0.727. The van der Waals surface area contributed by atoms with E-state index in [1.807, 2.05) is 6.92 Å². The Morgan fingerprint density at radius 1 is 1.44 bits per heavy atom. The maximum Gasteiger partial charge on any atom is 0.230 e. The van der Waals surface area contributed by atoms with Crippen LogP contribution in [0.15, 0.2) is 4.99 Å². The molecule has 18 heavy (non-hydrogen) atoms. The van der Waals surface area contributed by atoms with E-state index in [0.717, 1.165) is 24.6 Å². The summed E-state index contributed by atoms with van der Waals surface area (Å²) in [5, 5.41) is 10.2. The summed E-state index contributed by atoms with van der Waals surface area (Å²) in [6.07, 6.45) is 4.46. The number of rotatable bonds is 7. The molecule has 0 aromatic heterocycles. The van der Waals surface area contributed by atoms with Crippen LogP contribution in [0.2, 0.25) is 0 Å². The highest BCUT2D eigenvalue weighted by atomic mass is 32.2. The molecule has 1 unspecified atom stereocenters. The van der Waals surface area contributed by atoms with Gasteiger partial charge in [0.25, 0.3) is 0 Å². The molecule has 0 aromatic carbocycles. The second kappa shape index (κ2) is 9.76. The largest absolute Gasteiger partial charge is 0.370 e. The van der Waals surface area contributed by atoms with Gasteiger partial charge in [-0.2, -0.15) is 4.99 Å². The molecule has 0 bridgehead atoms. The van der Waals surface area contributed by atoms with E-state index in [2.05, 4.69) is 17.2 Å². The Balaban J connectivity index is 3.77. The lowest BCUT2D eigenvalue weighted by Crippen LogP contribution is -2.34. The minimum atomic E-state index is -0.166. The molecule has 0 spiro atoms. The molecule has 0 aliphatic rings. The van der Waals surface area contributed by atoms with Gasteiger partial charge in [0.2, 0.25) is 5.91 Å². The van der Waals surface area contributed by atoms with E-state index < -0.39 is 0 Å². The Morgan fingerprint density at radius 3 is 2.67 bits per heavy atom. The molecule has 0 saturated carbocycles. The SMILES string of the molecule is CCCCCC(C)NC(=O)CSC(=N)N=C(N)N. The summed E-state index contributed by atoms with van der Waals surface area (Å²) >= 11 is 1.01. The van der Waals surface area contributed by atoms with Crippen LogP contribution < -0.4 is 16.8 Å². The molecule has 6 N–H and O–H groups in total. The van der Waals surface area contributed by atoms with Crippen LogP contribution in [0.4, 0.5) is 0 Å². The van der Waals surface area contributed by atoms with Crippen molar-refractivity contribution in [3.05, 3.63) is 0 Å². The van der Waals surface area contributed by atoms with Gasteiger partial charge in [-0.25, -0.2) is 0 Å². The van der Waals surface area contributed by atoms with Gasteiger partial charge in [-0.05, 0) is 13.3 Å². The zero-order valence-electron chi connectivity index (χ0n) is 11.0. The number of hydrogen-bond acceptors (Lipinski definition) is 3. The average Bonchev–Trinajstić information content (AvgIpc) is 2.26. The quantitative estimate of drug-likeness (QED) is 0.314. The van der Waals surface area contributed by atoms with Gasteiger partial charge in [-0.1, -0.05) is 37.9 Å². The third kappa shape index (κ3) is 9.95. The van der Waals surface area contributed by atoms with Crippen molar-refractivity contribution in [3.8, 4) is 0 Å². The van der Waals surface area contributed by atoms with E-state index in [9.17, 15) is 4.79 Å². The minimum Gasteiger partial charge on any atom is -0.370 e. The molecule has 0 saturated heterocycles. The van der Waals surface area contributed by atoms with Gasteiger partial charge in [-0.3, -0.25) is 10.2 Å². The van der Waals surface area contributed by atoms with Crippen LogP contribution in [-0.4, -0.2) is 28.8 Å². The predicted octanol–water partition coefficient (Wildman–Crippen LogP) is 1.01. The molecular weight excluding hydrogens is 250 g/mol. The average molecular weight is 273 g/mol. The number of amides is 1. The van der Waals surface area contributed by atoms with Crippen LogP contribution in [0.5, 0.6) is 0 Å². The molecule has 0 fully saturated rings. The summed E-state index contributed by atoms with van der Waals surface area (Å²) in [4.78, 5) is 15.1. The molecule has 0 radical (unpaired) electrons. The second-order valence-corrected chi connectivity index (χ2v) is 5.06. The maximum absolute atomic E-state index is 11.5. The molecule has 104 valence electrons. The topological polar surface area (TPSA) is 117 Å². The van der Waals surface area contributed by atoms with Crippen molar-refractivity contribution in [2.45, 2.75) is 45.6 Å². The fourth-order valence-corrected chi connectivity index (χ4v) is 1.89. The van der Waals surface area contributed by atoms with Gasteiger partial charge >= 0.3 is 0 Å². The Morgan fingerprint density at radius 2 is 2.11 bits per heavy atom. The summed E-state index contributed by atoms with van der Waals surface area (Å²) in [7, 11) is 0. The summed E-state index contributed by atoms with van der Waals surface area (Å²) in [5.74, 6) is -0.103. The monoisotopic (exact) mass is 273 g/mol. The fourth-order valence-electron chi connectivity index (χ4n) is 1.37. The summed E-state index contributed by atoms with van der Waals surface area (Å²) in [6.45, 7) is 4.13. The zero-order chi connectivity index (χ0) is 14.0. The Labute approximate surface area is 112 Å². The molecule has 0 aliphatic carbocycles. The normalized spacial score (nSPS) is 11.7. The Hall–Kier alpha value is -1.24. The molecule has 6 nitrogen and oxygen atoms in total. The van der Waals surface area contributed by atoms with E-state index in [1.165, 1.54) is 12.8 Å². The standard InChI is InChI=1S/C11H23N5OS/c1-3-4-5-6-8(2)15-9(17)7-18-11(14)16-10(12)13/h8H,3-7H2,1-2H3,(H,15,17)(H5,12,13,14,16). The van der Waals surface area contributed by atoms with Gasteiger partial charge in [0.05, 0.1) is 5.75 Å². The summed E-state index contributed by atoms with van der Waals surface area (Å²) < 4.78 is 0. The van der Waals surface area contributed by atoms with Crippen molar-refractivity contribution in [2.24, 2.45) is 16.5 Å². The van der Waals surface area contributed by atoms with E-state index in [4.69, 9.17) is 16.9 Å². The highest BCUT2D eigenvalue weighted by Gasteiger charge is 2.08. The first-order valence-electron chi connectivity index (χ1n) is 6.06. The van der Waals surface area contributed by atoms with Gasteiger partial charge < -0.3 is 16.8 Å². The van der Waals surface area contributed by atoms with Crippen LogP contribution in [0, 0.1) is 5.41 Å². The van der Waals surface area contributed by atoms with Crippen LogP contribution >= 0.6 is 11.8 Å². The molecule has 0 aliphatic heterocycles. The zero-order valence-corrected chi connectivity index (χ0v) is 11.8. The molecule has 1 amide bonds. The molecule has 0 aromatic rings. The number of nitrogens with one attached hydrogen (secondary N) is 2. The van der Waals surface area contributed by atoms with Crippen molar-refractivity contribution in [1.82, 2.24) is 5.32 Å². The van der Waals surface area contributed by atoms with Crippen LogP contribution in [-0.2, 0) is 4.79 Å². The number of guanidine groups is 1. The van der Waals surface area contributed by atoms with E-state index >= 15 is 0 Å². The highest BCUT2D eigenvalue weighted by Crippen LogP contribution is 2.05. The molecular formula is C11H23N5OS. The summed E-state index contributed by atoms with van der Waals surface area (Å²) in [5.41, 5.74) is 10.2. The Kier molecular flexibility index (Phi) is 9.08. The number of thioether (sulfide) groups is 1. The second-order valence-electron chi connectivity index (χ2n) is 4.09. The maximum atomic E-state index is 11.5. The van der Waals surface area contributed by atoms with E-state index in [1.54, 1.807) is 0 Å². The lowest BCUT2D eigenvalue weighted by atomic mass is 10.1. The third-order valence-electron chi connectivity index (χ3n) is 2.22. The van der Waals surface area contributed by atoms with Crippen molar-refractivity contribution in [1.29, 1.82) is 5.41 Å². The number of hydrogen-bond donors (Lipinski definition) is 4. The van der Waals surface area contributed by atoms with Gasteiger partial charge in [-0.15, -0.1) is 0 Å². The molecule has 0 rings (SSSR count). The Bertz CT molecular complexity index is 302. The number of unbranched alkanes of at least 4 members (excludes halogenated alkanes) is 2. The number of carbonyl (C=O) groups excluding carboxylic acids is 1. The van der Waals surface area contributed by atoms with E-state index in [0.29, 0.717) is 0 Å². The first-order chi connectivity index (χ1) is 8.45. The first kappa shape index (κ1) is 16.8. The lowest BCUT2D eigenvalue weighted by molar-refractivity contribution is -0.119. The number of nitrogens with zero attached hydrogens (tertiary/aromatic N) is 1. The van der Waals surface area contributed by atoms with Crippen LogP contribution in [0.25, 0.3) is 0 Å². The smallest absolute Gasteiger partial charge is 0.230 e. The number of amidine groups is 1. The van der Waals surface area contributed by atoms with Crippen molar-refractivity contribution in [3.63, 3.8) is 0 Å². The molecule has 7 heteroatoms. The minimum absolute atomic E-state index is 0.0520. The third-order valence-corrected chi connectivity index (χ3v) is 2.99. The number of carbonyl (C=O) groups is 1. The van der Waals surface area contributed by atoms with Crippen molar-refractivity contribution < 1.29 is 4.79 Å². The van der Waals surface area contributed by atoms with Gasteiger partial charge in [0.1, 0.15) is 0 Å². The van der Waals surface area contributed by atoms with E-state index in [-0.39, 0.29) is 28.8 Å². The molecule has 1 atom stereocenters. The van der Waals surface area contributed by atoms with Crippen LogP contribution in [0.3, 0.4) is 0 Å². The van der Waals surface area contributed by atoms with Crippen molar-refractivity contribution >= 4 is 28.8 Å². The van der Waals surface area contributed by atoms with Crippen molar-refractivity contribution in [2.75, 3.05) is 5.75 Å². The summed E-state index contributed by atoms with van der Waals surface area (Å²) in [6, 6.07) is 0.168. The molecule has 0 heterocycles. The highest BCUT2D eigenvalue weighted by molar-refractivity contribution is 8.14. The first-order valence-corrected chi connectivity index (χ1v) is 7.04. The predicted molar refractivity (Wildman–Crippen MR) is 77.7 cm³/mol. The number of aliphatic imine (C=N–C) groups is 1.